The van der Waals surface area contributed by atoms with Crippen LogP contribution in [-0.2, 0) is 0 Å². The van der Waals surface area contributed by atoms with Crippen LogP contribution in [0.3, 0.4) is 0 Å². The van der Waals surface area contributed by atoms with Crippen molar-refractivity contribution in [1.82, 2.24) is 10.4 Å². The van der Waals surface area contributed by atoms with Crippen molar-refractivity contribution >= 4 is 0 Å². The molecule has 0 spiro atoms. The minimum absolute atomic E-state index is 1.00. The molecule has 3 heteroatoms. The highest BCUT2D eigenvalue weighted by Crippen LogP contribution is 1.46. The minimum Gasteiger partial charge on any atom is -0.323 e. The topological polar surface area (TPSA) is 35.5 Å². The highest BCUT2D eigenvalue weighted by molar-refractivity contribution is 3.91. The van der Waals surface area contributed by atoms with Gasteiger partial charge in [-0.1, -0.05) is 0 Å². The molecule has 3 nitrogen and oxygen atoms in total. The first-order valence-electron chi connectivity index (χ1n) is 2.09. The van der Waals surface area contributed by atoms with Crippen molar-refractivity contribution in [2.24, 2.45) is 0 Å². The van der Waals surface area contributed by atoms with E-state index < -0.39 is 0 Å². The quantitative estimate of drug-likeness (QED) is 0.419. The van der Waals surface area contributed by atoms with E-state index in [9.17, 15) is 0 Å². The molecule has 0 aliphatic heterocycles. The Hall–Kier alpha value is -0.120. The fraction of sp³-hybridized carbons (Fsp3) is 1.00. The third kappa shape index (κ3) is 6150. The first kappa shape index (κ1) is 9.99. The Bertz CT molecular complexity index is 20.9. The van der Waals surface area contributed by atoms with Crippen LogP contribution in [0.25, 0.3) is 0 Å². The monoisotopic (exact) mass is 106 g/mol. The SMILES string of the molecule is CN(C)O.CNC. The molecule has 46 valence electrons. The molecule has 0 aromatic carbocycles. The molecule has 0 bridgehead atoms. The average molecular weight is 106 g/mol. The van der Waals surface area contributed by atoms with Gasteiger partial charge in [-0.15, -0.1) is 0 Å². The van der Waals surface area contributed by atoms with Crippen molar-refractivity contribution in [3.8, 4) is 0 Å². The van der Waals surface area contributed by atoms with Crippen LogP contribution in [0.1, 0.15) is 0 Å². The third-order valence-corrected chi connectivity index (χ3v) is 0. The molecule has 0 unspecified atom stereocenters. The normalized spacial score (nSPS) is 7.71. The van der Waals surface area contributed by atoms with Gasteiger partial charge in [0, 0.05) is 14.1 Å². The molecule has 0 amide bonds. The van der Waals surface area contributed by atoms with E-state index in [1.807, 2.05) is 14.1 Å². The van der Waals surface area contributed by atoms with Crippen molar-refractivity contribution in [2.45, 2.75) is 0 Å². The number of rotatable bonds is 0. The molecule has 0 heterocycles. The Morgan fingerprint density at radius 2 is 1.29 bits per heavy atom. The zero-order chi connectivity index (χ0) is 6.28. The summed E-state index contributed by atoms with van der Waals surface area (Å²) in [5.74, 6) is 0. The highest BCUT2D eigenvalue weighted by atomic mass is 16.5. The van der Waals surface area contributed by atoms with Crippen molar-refractivity contribution < 1.29 is 5.21 Å². The predicted molar refractivity (Wildman–Crippen MR) is 30.5 cm³/mol. The molecule has 0 aliphatic rings. The van der Waals surface area contributed by atoms with Gasteiger partial charge in [0.1, 0.15) is 0 Å². The minimum atomic E-state index is 1.00. The van der Waals surface area contributed by atoms with E-state index in [1.165, 1.54) is 0 Å². The van der Waals surface area contributed by atoms with Gasteiger partial charge in [-0.3, -0.25) is 0 Å². The van der Waals surface area contributed by atoms with Gasteiger partial charge in [0.15, 0.2) is 0 Å². The molecule has 0 fully saturated rings. The van der Waals surface area contributed by atoms with E-state index in [0.717, 1.165) is 5.06 Å². The van der Waals surface area contributed by atoms with Crippen LogP contribution >= 0.6 is 0 Å². The maximum Gasteiger partial charge on any atom is 0.0121 e. The van der Waals surface area contributed by atoms with Crippen LogP contribution < -0.4 is 5.32 Å². The smallest absolute Gasteiger partial charge is 0.0121 e. The van der Waals surface area contributed by atoms with Gasteiger partial charge in [-0.25, -0.2) is 0 Å². The second-order valence-corrected chi connectivity index (χ2v) is 1.35. The summed E-state index contributed by atoms with van der Waals surface area (Å²) in [6, 6.07) is 0. The summed E-state index contributed by atoms with van der Waals surface area (Å²) in [4.78, 5) is 0. The second kappa shape index (κ2) is 9.30. The molecule has 0 rings (SSSR count). The zero-order valence-corrected chi connectivity index (χ0v) is 5.39. The highest BCUT2D eigenvalue weighted by Gasteiger charge is 1.59. The van der Waals surface area contributed by atoms with Crippen molar-refractivity contribution in [1.29, 1.82) is 0 Å². The molecule has 0 aromatic heterocycles. The van der Waals surface area contributed by atoms with Crippen molar-refractivity contribution in [3.05, 3.63) is 0 Å². The van der Waals surface area contributed by atoms with Crippen LogP contribution in [0.4, 0.5) is 0 Å². The van der Waals surface area contributed by atoms with Gasteiger partial charge in [0.05, 0.1) is 0 Å². The number of hydrogen-bond donors (Lipinski definition) is 2. The number of nitrogens with one attached hydrogen (secondary N) is 1. The molecule has 2 N–H and O–H groups in total. The molecule has 0 atom stereocenters. The summed E-state index contributed by atoms with van der Waals surface area (Å²) >= 11 is 0. The molecule has 0 aromatic rings. The van der Waals surface area contributed by atoms with Crippen molar-refractivity contribution in [2.75, 3.05) is 28.2 Å². The van der Waals surface area contributed by atoms with Crippen molar-refractivity contribution in [3.63, 3.8) is 0 Å². The first-order valence-corrected chi connectivity index (χ1v) is 2.09. The van der Waals surface area contributed by atoms with E-state index in [4.69, 9.17) is 5.21 Å². The third-order valence-electron chi connectivity index (χ3n) is 0. The largest absolute Gasteiger partial charge is 0.323 e. The van der Waals surface area contributed by atoms with Crippen LogP contribution in [0, 0.1) is 0 Å². The molecular formula is C4H14N2O. The lowest BCUT2D eigenvalue weighted by molar-refractivity contribution is -0.0372. The predicted octanol–water partition coefficient (Wildman–Crippen LogP) is -0.227. The summed E-state index contributed by atoms with van der Waals surface area (Å²) in [6.07, 6.45) is 0. The lowest BCUT2D eigenvalue weighted by Gasteiger charge is -1.89. The Morgan fingerprint density at radius 1 is 1.29 bits per heavy atom. The Labute approximate surface area is 44.9 Å². The fourth-order valence-corrected chi connectivity index (χ4v) is 0. The lowest BCUT2D eigenvalue weighted by Crippen LogP contribution is -2.01. The number of hydroxylamine groups is 2. The maximum absolute atomic E-state index is 7.89. The van der Waals surface area contributed by atoms with Gasteiger partial charge in [-0.05, 0) is 14.1 Å². The van der Waals surface area contributed by atoms with Crippen LogP contribution in [0.5, 0.6) is 0 Å². The average Bonchev–Trinajstić information content (AvgIpc) is 1.33. The summed E-state index contributed by atoms with van der Waals surface area (Å²) in [6.45, 7) is 0. The molecule has 0 aliphatic carbocycles. The summed E-state index contributed by atoms with van der Waals surface area (Å²) in [5.41, 5.74) is 0. The van der Waals surface area contributed by atoms with Gasteiger partial charge >= 0.3 is 0 Å². The maximum atomic E-state index is 7.89. The lowest BCUT2D eigenvalue weighted by atomic mass is 11.2. The molecule has 7 heavy (non-hydrogen) atoms. The summed E-state index contributed by atoms with van der Waals surface area (Å²) in [5, 5.41) is 11.6. The van der Waals surface area contributed by atoms with Gasteiger partial charge in [-0.2, -0.15) is 5.06 Å². The van der Waals surface area contributed by atoms with E-state index in [2.05, 4.69) is 5.32 Å². The van der Waals surface area contributed by atoms with Crippen LogP contribution in [-0.4, -0.2) is 38.5 Å². The molecule has 0 saturated heterocycles. The fourth-order valence-electron chi connectivity index (χ4n) is 0. The molecular weight excluding hydrogens is 92.1 g/mol. The standard InChI is InChI=1S/C2H7NO.C2H7N/c1-3(2)4;1-3-2/h4H,1-2H3;3H,1-2H3. The first-order chi connectivity index (χ1) is 3.15. The number of nitrogens with zero attached hydrogens (tertiary/aromatic N) is 1. The summed E-state index contributed by atoms with van der Waals surface area (Å²) in [7, 11) is 6.86. The van der Waals surface area contributed by atoms with Gasteiger partial charge in [0.2, 0.25) is 0 Å². The number of hydrogen-bond acceptors (Lipinski definition) is 3. The van der Waals surface area contributed by atoms with Gasteiger partial charge in [0.25, 0.3) is 0 Å². The molecule has 0 radical (unpaired) electrons. The Balaban J connectivity index is 0. The van der Waals surface area contributed by atoms with E-state index >= 15 is 0 Å². The Morgan fingerprint density at radius 3 is 1.29 bits per heavy atom. The van der Waals surface area contributed by atoms with E-state index in [0.29, 0.717) is 0 Å². The Kier molecular flexibility index (Phi) is 13.3. The van der Waals surface area contributed by atoms with Crippen LogP contribution in [0.2, 0.25) is 0 Å². The van der Waals surface area contributed by atoms with E-state index in [-0.39, 0.29) is 0 Å². The zero-order valence-electron chi connectivity index (χ0n) is 5.39. The van der Waals surface area contributed by atoms with E-state index in [1.54, 1.807) is 14.1 Å². The van der Waals surface area contributed by atoms with Crippen LogP contribution in [0.15, 0.2) is 0 Å². The molecule has 0 saturated carbocycles. The summed E-state index contributed by atoms with van der Waals surface area (Å²) < 4.78 is 0. The van der Waals surface area contributed by atoms with Gasteiger partial charge < -0.3 is 10.5 Å². The second-order valence-electron chi connectivity index (χ2n) is 1.35.